The number of amides is 1. The standard InChI is InChI=1S/C17H22ClF3N4O/c18-13-10-12(17(19,20)21)11-23-14(13)24-8-4-16(5-9-24,15(22)26)25-6-2-1-3-7-25/h10-11H,1-9H2,(H2,22,26). The molecular weight excluding hydrogens is 369 g/mol. The summed E-state index contributed by atoms with van der Waals surface area (Å²) in [5.74, 6) is -0.0121. The Labute approximate surface area is 155 Å². The van der Waals surface area contributed by atoms with E-state index in [1.807, 2.05) is 4.90 Å². The van der Waals surface area contributed by atoms with Crippen LogP contribution in [-0.2, 0) is 11.0 Å². The third-order valence-corrected chi connectivity index (χ3v) is 5.74. The molecule has 0 aliphatic carbocycles. The third kappa shape index (κ3) is 3.62. The Hall–Kier alpha value is -1.54. The molecule has 26 heavy (non-hydrogen) atoms. The molecule has 2 N–H and O–H groups in total. The number of rotatable bonds is 3. The van der Waals surface area contributed by atoms with Gasteiger partial charge in [-0.25, -0.2) is 4.98 Å². The topological polar surface area (TPSA) is 62.5 Å². The maximum absolute atomic E-state index is 12.8. The summed E-state index contributed by atoms with van der Waals surface area (Å²) in [6.07, 6.45) is 0.593. The van der Waals surface area contributed by atoms with Gasteiger partial charge in [-0.15, -0.1) is 0 Å². The summed E-state index contributed by atoms with van der Waals surface area (Å²) >= 11 is 6.04. The van der Waals surface area contributed by atoms with Gasteiger partial charge in [0, 0.05) is 19.3 Å². The van der Waals surface area contributed by atoms with E-state index >= 15 is 0 Å². The Morgan fingerprint density at radius 3 is 2.27 bits per heavy atom. The molecule has 3 rings (SSSR count). The zero-order valence-corrected chi connectivity index (χ0v) is 15.1. The zero-order valence-electron chi connectivity index (χ0n) is 14.4. The summed E-state index contributed by atoms with van der Waals surface area (Å²) in [5, 5.41) is -0.0376. The summed E-state index contributed by atoms with van der Waals surface area (Å²) in [6.45, 7) is 2.64. The number of likely N-dealkylation sites (tertiary alicyclic amines) is 1. The molecule has 1 aromatic heterocycles. The van der Waals surface area contributed by atoms with Crippen LogP contribution in [0, 0.1) is 0 Å². The van der Waals surface area contributed by atoms with Crippen molar-refractivity contribution in [3.8, 4) is 0 Å². The van der Waals surface area contributed by atoms with Gasteiger partial charge in [-0.2, -0.15) is 13.2 Å². The zero-order chi connectivity index (χ0) is 18.9. The Kier molecular flexibility index (Phi) is 5.35. The Morgan fingerprint density at radius 1 is 1.15 bits per heavy atom. The fourth-order valence-electron chi connectivity index (χ4n) is 3.95. The van der Waals surface area contributed by atoms with Gasteiger partial charge in [0.25, 0.3) is 0 Å². The van der Waals surface area contributed by atoms with Crippen LogP contribution in [0.4, 0.5) is 19.0 Å². The molecule has 0 radical (unpaired) electrons. The average molecular weight is 391 g/mol. The molecule has 5 nitrogen and oxygen atoms in total. The minimum Gasteiger partial charge on any atom is -0.368 e. The van der Waals surface area contributed by atoms with Crippen molar-refractivity contribution in [3.05, 3.63) is 22.8 Å². The van der Waals surface area contributed by atoms with E-state index < -0.39 is 17.3 Å². The minimum absolute atomic E-state index is 0.0376. The smallest absolute Gasteiger partial charge is 0.368 e. The Morgan fingerprint density at radius 2 is 1.77 bits per heavy atom. The second-order valence-electron chi connectivity index (χ2n) is 6.96. The highest BCUT2D eigenvalue weighted by Gasteiger charge is 2.45. The van der Waals surface area contributed by atoms with Crippen LogP contribution < -0.4 is 10.6 Å². The van der Waals surface area contributed by atoms with Crippen molar-refractivity contribution < 1.29 is 18.0 Å². The van der Waals surface area contributed by atoms with Gasteiger partial charge >= 0.3 is 6.18 Å². The number of nitrogens with zero attached hydrogens (tertiary/aromatic N) is 3. The van der Waals surface area contributed by atoms with Crippen molar-refractivity contribution >= 4 is 23.3 Å². The molecule has 1 aromatic rings. The molecule has 0 unspecified atom stereocenters. The molecule has 2 aliphatic rings. The summed E-state index contributed by atoms with van der Waals surface area (Å²) < 4.78 is 38.3. The van der Waals surface area contributed by atoms with Crippen LogP contribution in [0.2, 0.25) is 5.02 Å². The van der Waals surface area contributed by atoms with E-state index in [1.165, 1.54) is 0 Å². The maximum Gasteiger partial charge on any atom is 0.417 e. The number of carbonyl (C=O) groups is 1. The lowest BCUT2D eigenvalue weighted by Crippen LogP contribution is -2.63. The van der Waals surface area contributed by atoms with Crippen LogP contribution in [0.15, 0.2) is 12.3 Å². The van der Waals surface area contributed by atoms with Crippen LogP contribution in [0.3, 0.4) is 0 Å². The van der Waals surface area contributed by atoms with Gasteiger partial charge in [-0.1, -0.05) is 18.0 Å². The number of hydrogen-bond acceptors (Lipinski definition) is 4. The minimum atomic E-state index is -4.48. The number of pyridine rings is 1. The van der Waals surface area contributed by atoms with Crippen LogP contribution in [0.1, 0.15) is 37.7 Å². The van der Waals surface area contributed by atoms with Gasteiger partial charge in [-0.3, -0.25) is 9.69 Å². The van der Waals surface area contributed by atoms with Gasteiger partial charge in [-0.05, 0) is 44.8 Å². The number of alkyl halides is 3. The number of anilines is 1. The van der Waals surface area contributed by atoms with Crippen LogP contribution >= 0.6 is 11.6 Å². The number of nitrogens with two attached hydrogens (primary N) is 1. The second kappa shape index (κ2) is 7.23. The van der Waals surface area contributed by atoms with Crippen LogP contribution in [0.5, 0.6) is 0 Å². The molecule has 2 aliphatic heterocycles. The van der Waals surface area contributed by atoms with E-state index in [0.717, 1.165) is 44.6 Å². The molecule has 0 spiro atoms. The summed E-state index contributed by atoms with van der Waals surface area (Å²) in [5.41, 5.74) is 4.19. The van der Waals surface area contributed by atoms with E-state index in [-0.39, 0.29) is 10.9 Å². The van der Waals surface area contributed by atoms with Crippen molar-refractivity contribution in [1.82, 2.24) is 9.88 Å². The first kappa shape index (κ1) is 19.2. The van der Waals surface area contributed by atoms with E-state index in [1.54, 1.807) is 0 Å². The largest absolute Gasteiger partial charge is 0.417 e. The predicted molar refractivity (Wildman–Crippen MR) is 93.0 cm³/mol. The van der Waals surface area contributed by atoms with E-state index in [9.17, 15) is 18.0 Å². The Balaban J connectivity index is 1.76. The number of piperidine rings is 2. The number of carbonyl (C=O) groups excluding carboxylic acids is 1. The molecule has 2 saturated heterocycles. The highest BCUT2D eigenvalue weighted by molar-refractivity contribution is 6.33. The van der Waals surface area contributed by atoms with Gasteiger partial charge in [0.05, 0.1) is 10.6 Å². The first-order valence-electron chi connectivity index (χ1n) is 8.77. The number of primary amides is 1. The predicted octanol–water partition coefficient (Wildman–Crippen LogP) is 3.06. The van der Waals surface area contributed by atoms with Gasteiger partial charge in [0.1, 0.15) is 11.4 Å². The van der Waals surface area contributed by atoms with E-state index in [2.05, 4.69) is 9.88 Å². The third-order valence-electron chi connectivity index (χ3n) is 5.46. The lowest BCUT2D eigenvalue weighted by Gasteiger charge is -2.48. The average Bonchev–Trinajstić information content (AvgIpc) is 2.61. The van der Waals surface area contributed by atoms with Crippen molar-refractivity contribution in [2.75, 3.05) is 31.1 Å². The van der Waals surface area contributed by atoms with Crippen molar-refractivity contribution in [2.24, 2.45) is 5.73 Å². The van der Waals surface area contributed by atoms with Crippen LogP contribution in [0.25, 0.3) is 0 Å². The molecule has 144 valence electrons. The molecule has 0 aromatic carbocycles. The quantitative estimate of drug-likeness (QED) is 0.861. The lowest BCUT2D eigenvalue weighted by atomic mass is 9.83. The summed E-state index contributed by atoms with van der Waals surface area (Å²) in [6, 6.07) is 0.893. The van der Waals surface area contributed by atoms with Crippen LogP contribution in [-0.4, -0.2) is 47.5 Å². The normalized spacial score (nSPS) is 21.6. The molecular formula is C17H22ClF3N4O. The molecule has 0 bridgehead atoms. The fraction of sp³-hybridized carbons (Fsp3) is 0.647. The molecule has 0 saturated carbocycles. The first-order valence-corrected chi connectivity index (χ1v) is 9.14. The monoisotopic (exact) mass is 390 g/mol. The molecule has 9 heteroatoms. The van der Waals surface area contributed by atoms with Gasteiger partial charge < -0.3 is 10.6 Å². The van der Waals surface area contributed by atoms with Crippen molar-refractivity contribution in [2.45, 2.75) is 43.8 Å². The number of hydrogen-bond donors (Lipinski definition) is 1. The molecule has 2 fully saturated rings. The van der Waals surface area contributed by atoms with E-state index in [4.69, 9.17) is 17.3 Å². The maximum atomic E-state index is 12.8. The fourth-order valence-corrected chi connectivity index (χ4v) is 4.23. The second-order valence-corrected chi connectivity index (χ2v) is 7.36. The molecule has 3 heterocycles. The van der Waals surface area contributed by atoms with Crippen molar-refractivity contribution in [3.63, 3.8) is 0 Å². The Bertz CT molecular complexity index is 668. The highest BCUT2D eigenvalue weighted by Crippen LogP contribution is 2.37. The van der Waals surface area contributed by atoms with Gasteiger partial charge in [0.2, 0.25) is 5.91 Å². The first-order chi connectivity index (χ1) is 12.2. The molecule has 0 atom stereocenters. The SMILES string of the molecule is NC(=O)C1(N2CCCCC2)CCN(c2ncc(C(F)(F)F)cc2Cl)CC1. The lowest BCUT2D eigenvalue weighted by molar-refractivity contribution is -0.138. The summed E-state index contributed by atoms with van der Waals surface area (Å²) in [7, 11) is 0. The van der Waals surface area contributed by atoms with E-state index in [0.29, 0.717) is 31.7 Å². The summed E-state index contributed by atoms with van der Waals surface area (Å²) in [4.78, 5) is 20.2. The van der Waals surface area contributed by atoms with Crippen molar-refractivity contribution in [1.29, 1.82) is 0 Å². The van der Waals surface area contributed by atoms with Gasteiger partial charge in [0.15, 0.2) is 0 Å². The highest BCUT2D eigenvalue weighted by atomic mass is 35.5. The molecule has 1 amide bonds. The number of halogens is 4. The number of aromatic nitrogens is 1.